The Morgan fingerprint density at radius 2 is 1.55 bits per heavy atom. The highest BCUT2D eigenvalue weighted by Gasteiger charge is 2.37. The number of esters is 1. The predicted molar refractivity (Wildman–Crippen MR) is 188 cm³/mol. The molecule has 3 aromatic carbocycles. The van der Waals surface area contributed by atoms with Gasteiger partial charge in [-0.2, -0.15) is 23.0 Å². The molecule has 0 spiro atoms. The molecule has 4 rings (SSSR count). The number of benzene rings is 3. The van der Waals surface area contributed by atoms with Crippen molar-refractivity contribution in [3.8, 4) is 11.3 Å². The van der Waals surface area contributed by atoms with Crippen LogP contribution in [0.2, 0.25) is 5.02 Å². The van der Waals surface area contributed by atoms with E-state index in [4.69, 9.17) is 11.6 Å². The number of rotatable bonds is 5. The fourth-order valence-electron chi connectivity index (χ4n) is 4.24. The van der Waals surface area contributed by atoms with Crippen LogP contribution in [0, 0.1) is 5.82 Å². The number of ether oxygens (including phenoxy) is 1. The lowest BCUT2D eigenvalue weighted by molar-refractivity contribution is -0.460. The molecule has 0 amide bonds. The second kappa shape index (κ2) is 19.8. The number of nitrogens with zero attached hydrogens (tertiary/aromatic N) is 3. The number of thioether (sulfide) groups is 1. The van der Waals surface area contributed by atoms with Crippen molar-refractivity contribution >= 4 is 51.2 Å². The van der Waals surface area contributed by atoms with Crippen LogP contribution in [0.5, 0.6) is 0 Å². The molecule has 12 heteroatoms. The van der Waals surface area contributed by atoms with Crippen molar-refractivity contribution in [3.05, 3.63) is 87.7 Å². The van der Waals surface area contributed by atoms with Gasteiger partial charge in [0.1, 0.15) is 25.6 Å². The minimum atomic E-state index is -4.87. The Labute approximate surface area is 284 Å². The molecule has 0 saturated heterocycles. The lowest BCUT2D eigenvalue weighted by Crippen LogP contribution is -2.20. The Bertz CT molecular complexity index is 1680. The first-order chi connectivity index (χ1) is 21.9. The zero-order valence-electron chi connectivity index (χ0n) is 27.8. The van der Waals surface area contributed by atoms with Crippen LogP contribution in [0.25, 0.3) is 22.2 Å². The van der Waals surface area contributed by atoms with Gasteiger partial charge in [0.05, 0.1) is 39.9 Å². The number of methoxy groups -OCH3 is 1. The third-order valence-corrected chi connectivity index (χ3v) is 7.46. The Balaban J connectivity index is 0.00000286. The number of carbonyl (C=O) groups excluding carboxylic acids is 2. The summed E-state index contributed by atoms with van der Waals surface area (Å²) in [6, 6.07) is 11.6. The van der Waals surface area contributed by atoms with Crippen LogP contribution in [-0.2, 0) is 10.9 Å². The van der Waals surface area contributed by atoms with Gasteiger partial charge in [0, 0.05) is 16.7 Å². The molecule has 0 atom stereocenters. The normalized spacial score (nSPS) is 10.2. The summed E-state index contributed by atoms with van der Waals surface area (Å²) in [4.78, 5) is 25.6. The van der Waals surface area contributed by atoms with Crippen LogP contribution in [-0.4, -0.2) is 58.2 Å². The highest BCUT2D eigenvalue weighted by atomic mass is 35.5. The maximum atomic E-state index is 15.3. The number of fused-ring (bicyclic) bond motifs is 1. The van der Waals surface area contributed by atoms with E-state index in [1.807, 2.05) is 67.1 Å². The maximum Gasteiger partial charge on any atom is 0.417 e. The summed E-state index contributed by atoms with van der Waals surface area (Å²) < 4.78 is 64.2. The van der Waals surface area contributed by atoms with Gasteiger partial charge in [0.15, 0.2) is 0 Å². The van der Waals surface area contributed by atoms with Gasteiger partial charge < -0.3 is 4.74 Å². The van der Waals surface area contributed by atoms with Gasteiger partial charge in [-0.1, -0.05) is 85.3 Å². The number of carbonyl (C=O) groups is 2. The number of aromatic nitrogens is 2. The molecule has 0 radical (unpaired) electrons. The van der Waals surface area contributed by atoms with E-state index in [1.54, 1.807) is 18.2 Å². The molecule has 0 saturated carbocycles. The number of hydrogen-bond donors (Lipinski definition) is 0. The predicted octanol–water partition coefficient (Wildman–Crippen LogP) is 10.5. The highest BCUT2D eigenvalue weighted by Crippen LogP contribution is 2.37. The minimum absolute atomic E-state index is 0. The smallest absolute Gasteiger partial charge is 0.417 e. The Kier molecular flexibility index (Phi) is 18.3. The van der Waals surface area contributed by atoms with E-state index >= 15 is 4.39 Å². The molecule has 1 aromatic heterocycles. The largest absolute Gasteiger partial charge is 0.465 e. The van der Waals surface area contributed by atoms with E-state index in [0.29, 0.717) is 10.9 Å². The minimum Gasteiger partial charge on any atom is -0.465 e. The molecule has 47 heavy (non-hydrogen) atoms. The van der Waals surface area contributed by atoms with Crippen LogP contribution >= 0.6 is 23.4 Å². The lowest BCUT2D eigenvalue weighted by Gasteiger charge is -2.13. The van der Waals surface area contributed by atoms with Crippen LogP contribution in [0.1, 0.15) is 87.7 Å². The van der Waals surface area contributed by atoms with Crippen molar-refractivity contribution < 1.29 is 36.5 Å². The number of halogens is 5. The quantitative estimate of drug-likeness (QED) is 0.0682. The van der Waals surface area contributed by atoms with E-state index in [9.17, 15) is 22.8 Å². The van der Waals surface area contributed by atoms with Gasteiger partial charge in [0.25, 0.3) is 5.91 Å². The van der Waals surface area contributed by atoms with Crippen LogP contribution in [0.4, 0.5) is 17.6 Å². The molecule has 1 heterocycles. The number of hydrogen-bond acceptors (Lipinski definition) is 5. The van der Waals surface area contributed by atoms with Crippen molar-refractivity contribution in [2.45, 2.75) is 62.1 Å². The molecule has 4 aromatic rings. The zero-order chi connectivity index (χ0) is 35.4. The summed E-state index contributed by atoms with van der Waals surface area (Å²) in [7, 11) is 4.84. The molecule has 258 valence electrons. The molecule has 0 fully saturated rings. The first-order valence-corrected chi connectivity index (χ1v) is 16.2. The summed E-state index contributed by atoms with van der Waals surface area (Å²) in [5.74, 6) is -1.98. The van der Waals surface area contributed by atoms with Crippen LogP contribution in [0.15, 0.2) is 54.6 Å². The van der Waals surface area contributed by atoms with Gasteiger partial charge >= 0.3 is 12.1 Å². The fourth-order valence-corrected chi connectivity index (χ4v) is 5.33. The van der Waals surface area contributed by atoms with Gasteiger partial charge in [-0.05, 0) is 48.5 Å². The summed E-state index contributed by atoms with van der Waals surface area (Å²) in [6.45, 7) is 14.0. The molecule has 0 aliphatic carbocycles. The van der Waals surface area contributed by atoms with E-state index in [0.717, 1.165) is 40.8 Å². The highest BCUT2D eigenvalue weighted by molar-refractivity contribution is 8.14. The van der Waals surface area contributed by atoms with Crippen molar-refractivity contribution in [1.82, 2.24) is 9.78 Å². The van der Waals surface area contributed by atoms with Gasteiger partial charge in [-0.3, -0.25) is 4.79 Å². The van der Waals surface area contributed by atoms with E-state index < -0.39 is 40.0 Å². The fraction of sp³-hybridized carbons (Fsp3) is 0.371. The number of alkyl halides is 3. The average Bonchev–Trinajstić information content (AvgIpc) is 3.43. The monoisotopic (exact) mass is 698 g/mol. The third-order valence-electron chi connectivity index (χ3n) is 5.99. The Hall–Kier alpha value is -3.70. The lowest BCUT2D eigenvalue weighted by atomic mass is 10.0. The zero-order valence-corrected chi connectivity index (χ0v) is 29.3. The maximum absolute atomic E-state index is 15.3. The van der Waals surface area contributed by atoms with Crippen molar-refractivity contribution in [3.63, 3.8) is 0 Å². The Morgan fingerprint density at radius 1 is 0.957 bits per heavy atom. The summed E-state index contributed by atoms with van der Waals surface area (Å²) >= 11 is 7.66. The third kappa shape index (κ3) is 9.90. The average molecular weight is 699 g/mol. The van der Waals surface area contributed by atoms with E-state index in [2.05, 4.69) is 9.84 Å². The molecule has 0 aliphatic rings. The topological polar surface area (TPSA) is 64.2 Å². The second-order valence-corrected chi connectivity index (χ2v) is 10.4. The summed E-state index contributed by atoms with van der Waals surface area (Å²) in [5.41, 5.74) is -1.27. The molecule has 0 aliphatic heterocycles. The summed E-state index contributed by atoms with van der Waals surface area (Å²) in [6.07, 6.45) is -4.87. The standard InChI is InChI=1S/C28H23ClF4N3O3S.3C2H6.CH4/c1-5-40-26(35(2)3)15-9-12-18-22(14-15)36(25(37)23-19(28(31,32)33)7-6-8-20(23)29)34-24(18)17-11-10-16(13-21(17)30)27(38)39-4;3*1-2;/h6-14H,5H2,1-4H3;3*1-2H3;1H4/q+1;;;;. The van der Waals surface area contributed by atoms with E-state index in [1.165, 1.54) is 30.0 Å². The van der Waals surface area contributed by atoms with Crippen LogP contribution in [0.3, 0.4) is 0 Å². The van der Waals surface area contributed by atoms with Crippen molar-refractivity contribution in [2.24, 2.45) is 0 Å². The SMILES string of the molecule is C.CC.CC.CC.CCSC(c1ccc2c(-c3ccc(C(=O)OC)cc3F)nn(C(=O)c3c(Cl)cccc3C(F)(F)F)c2c1)=[N+](C)C. The van der Waals surface area contributed by atoms with Gasteiger partial charge in [0.2, 0.25) is 5.04 Å². The van der Waals surface area contributed by atoms with E-state index in [-0.39, 0.29) is 29.8 Å². The van der Waals surface area contributed by atoms with Crippen molar-refractivity contribution in [2.75, 3.05) is 27.0 Å². The molecule has 0 bridgehead atoms. The van der Waals surface area contributed by atoms with Gasteiger partial charge in [-0.25, -0.2) is 13.8 Å². The molecular weight excluding hydrogens is 654 g/mol. The first-order valence-electron chi connectivity index (χ1n) is 14.9. The van der Waals surface area contributed by atoms with Gasteiger partial charge in [-0.15, -0.1) is 0 Å². The summed E-state index contributed by atoms with van der Waals surface area (Å²) in [5, 5.41) is 5.05. The van der Waals surface area contributed by atoms with Crippen LogP contribution < -0.4 is 0 Å². The molecule has 0 unspecified atom stereocenters. The Morgan fingerprint density at radius 3 is 2.06 bits per heavy atom. The molecule has 0 N–H and O–H groups in total. The van der Waals surface area contributed by atoms with Crippen molar-refractivity contribution in [1.29, 1.82) is 0 Å². The second-order valence-electron chi connectivity index (χ2n) is 8.78. The molecule has 6 nitrogen and oxygen atoms in total. The first kappa shape index (κ1) is 43.3. The molecular formula is C35H45ClF4N3O3S+.